The van der Waals surface area contributed by atoms with Gasteiger partial charge in [0.15, 0.2) is 11.5 Å². The molecule has 0 unspecified atom stereocenters. The van der Waals surface area contributed by atoms with Gasteiger partial charge in [0.2, 0.25) is 6.79 Å². The van der Waals surface area contributed by atoms with Crippen LogP contribution in [-0.4, -0.2) is 17.7 Å². The number of hydrogen-bond donors (Lipinski definition) is 0. The quantitative estimate of drug-likeness (QED) is 0.450. The van der Waals surface area contributed by atoms with Gasteiger partial charge in [0.1, 0.15) is 10.8 Å². The monoisotopic (exact) mass is 407 g/mol. The molecule has 0 saturated heterocycles. The number of fused-ring (bicyclic) bond motifs is 1. The minimum absolute atomic E-state index is 0.0347. The zero-order chi connectivity index (χ0) is 18.1. The summed E-state index contributed by atoms with van der Waals surface area (Å²) in [6.45, 7) is 0.166. The number of carbonyl (C=O) groups is 1. The van der Waals surface area contributed by atoms with Crippen LogP contribution in [0.15, 0.2) is 41.8 Å². The second-order valence-electron chi connectivity index (χ2n) is 5.41. The molecule has 8 heteroatoms. The second-order valence-corrected chi connectivity index (χ2v) is 7.08. The van der Waals surface area contributed by atoms with E-state index in [1.54, 1.807) is 41.8 Å². The number of aromatic nitrogens is 1. The first-order valence-electron chi connectivity index (χ1n) is 7.59. The molecule has 0 aliphatic carbocycles. The molecule has 5 nitrogen and oxygen atoms in total. The number of thiazole rings is 1. The van der Waals surface area contributed by atoms with Crippen molar-refractivity contribution in [3.63, 3.8) is 0 Å². The first kappa shape index (κ1) is 17.1. The maximum absolute atomic E-state index is 12.2. The highest BCUT2D eigenvalue weighted by molar-refractivity contribution is 7.13. The number of hydrogen-bond acceptors (Lipinski definition) is 6. The van der Waals surface area contributed by atoms with Gasteiger partial charge in [-0.25, -0.2) is 4.98 Å². The van der Waals surface area contributed by atoms with Crippen LogP contribution >= 0.6 is 34.5 Å². The van der Waals surface area contributed by atoms with Crippen molar-refractivity contribution in [2.75, 3.05) is 6.79 Å². The lowest BCUT2D eigenvalue weighted by Crippen LogP contribution is -2.11. The maximum Gasteiger partial charge on any atom is 0.317 e. The fourth-order valence-electron chi connectivity index (χ4n) is 2.46. The molecule has 26 heavy (non-hydrogen) atoms. The SMILES string of the molecule is O=C(Cc1csc(-c2c(Cl)cccc2Cl)n1)Oc1ccc2c(c1)OCO2. The Balaban J connectivity index is 1.46. The molecular formula is C18H11Cl2NO4S. The summed E-state index contributed by atoms with van der Waals surface area (Å²) in [4.78, 5) is 16.6. The van der Waals surface area contributed by atoms with Gasteiger partial charge in [-0.15, -0.1) is 11.3 Å². The van der Waals surface area contributed by atoms with Gasteiger partial charge in [0, 0.05) is 17.0 Å². The van der Waals surface area contributed by atoms with E-state index >= 15 is 0 Å². The minimum atomic E-state index is -0.425. The first-order chi connectivity index (χ1) is 12.6. The predicted octanol–water partition coefficient (Wildman–Crippen LogP) is 4.99. The Morgan fingerprint density at radius 2 is 1.92 bits per heavy atom. The van der Waals surface area contributed by atoms with Gasteiger partial charge in [0.25, 0.3) is 0 Å². The Kier molecular flexibility index (Phi) is 4.72. The van der Waals surface area contributed by atoms with Crippen molar-refractivity contribution < 1.29 is 19.0 Å². The van der Waals surface area contributed by atoms with Gasteiger partial charge < -0.3 is 14.2 Å². The van der Waals surface area contributed by atoms with Crippen LogP contribution < -0.4 is 14.2 Å². The lowest BCUT2D eigenvalue weighted by molar-refractivity contribution is -0.133. The molecule has 0 atom stereocenters. The summed E-state index contributed by atoms with van der Waals surface area (Å²) in [6, 6.07) is 10.2. The van der Waals surface area contributed by atoms with Crippen LogP contribution in [0.25, 0.3) is 10.6 Å². The van der Waals surface area contributed by atoms with Crippen LogP contribution in [0.1, 0.15) is 5.69 Å². The standard InChI is InChI=1S/C18H11Cl2NO4S/c19-12-2-1-3-13(20)17(12)18-21-10(8-26-18)6-16(22)25-11-4-5-14-15(7-11)24-9-23-14/h1-5,7-8H,6,9H2. The van der Waals surface area contributed by atoms with Crippen LogP contribution in [0.3, 0.4) is 0 Å². The molecule has 1 aliphatic rings. The van der Waals surface area contributed by atoms with E-state index in [1.165, 1.54) is 11.3 Å². The number of carbonyl (C=O) groups excluding carboxylic acids is 1. The number of rotatable bonds is 4. The van der Waals surface area contributed by atoms with Crippen LogP contribution in [0.4, 0.5) is 0 Å². The molecule has 0 spiro atoms. The van der Waals surface area contributed by atoms with Crippen molar-refractivity contribution in [3.05, 3.63) is 57.5 Å². The van der Waals surface area contributed by atoms with Gasteiger partial charge in [0.05, 0.1) is 22.2 Å². The summed E-state index contributed by atoms with van der Waals surface area (Å²) in [7, 11) is 0. The molecule has 0 saturated carbocycles. The molecule has 4 rings (SSSR count). The molecule has 1 aliphatic heterocycles. The van der Waals surface area contributed by atoms with Crippen molar-refractivity contribution in [2.24, 2.45) is 0 Å². The average molecular weight is 408 g/mol. The predicted molar refractivity (Wildman–Crippen MR) is 99.5 cm³/mol. The van der Waals surface area contributed by atoms with E-state index in [9.17, 15) is 4.79 Å². The number of benzene rings is 2. The van der Waals surface area contributed by atoms with Gasteiger partial charge in [-0.2, -0.15) is 0 Å². The van der Waals surface area contributed by atoms with Gasteiger partial charge in [-0.1, -0.05) is 29.3 Å². The van der Waals surface area contributed by atoms with Crippen LogP contribution in [0, 0.1) is 0 Å². The van der Waals surface area contributed by atoms with E-state index < -0.39 is 5.97 Å². The molecular weight excluding hydrogens is 397 g/mol. The summed E-state index contributed by atoms with van der Waals surface area (Å²) >= 11 is 13.8. The van der Waals surface area contributed by atoms with Crippen LogP contribution in [0.5, 0.6) is 17.2 Å². The third-order valence-corrected chi connectivity index (χ3v) is 5.17. The lowest BCUT2D eigenvalue weighted by atomic mass is 10.2. The maximum atomic E-state index is 12.2. The molecule has 0 bridgehead atoms. The minimum Gasteiger partial charge on any atom is -0.454 e. The summed E-state index contributed by atoms with van der Waals surface area (Å²) in [5.41, 5.74) is 1.25. The zero-order valence-corrected chi connectivity index (χ0v) is 15.5. The molecule has 0 amide bonds. The Hall–Kier alpha value is -2.28. The lowest BCUT2D eigenvalue weighted by Gasteiger charge is -2.04. The molecule has 0 fully saturated rings. The molecule has 1 aromatic heterocycles. The molecule has 0 N–H and O–H groups in total. The Morgan fingerprint density at radius 1 is 1.15 bits per heavy atom. The number of nitrogens with zero attached hydrogens (tertiary/aromatic N) is 1. The first-order valence-corrected chi connectivity index (χ1v) is 9.23. The highest BCUT2D eigenvalue weighted by Gasteiger charge is 2.17. The van der Waals surface area contributed by atoms with E-state index in [2.05, 4.69) is 4.98 Å². The Labute approximate surface area is 163 Å². The topological polar surface area (TPSA) is 57.7 Å². The zero-order valence-electron chi connectivity index (χ0n) is 13.2. The van der Waals surface area contributed by atoms with Gasteiger partial charge in [-0.05, 0) is 24.3 Å². The van der Waals surface area contributed by atoms with Crippen molar-refractivity contribution in [2.45, 2.75) is 6.42 Å². The normalized spacial score (nSPS) is 12.2. The van der Waals surface area contributed by atoms with Gasteiger partial charge in [-0.3, -0.25) is 4.79 Å². The summed E-state index contributed by atoms with van der Waals surface area (Å²) in [5, 5.41) is 3.48. The van der Waals surface area contributed by atoms with Crippen molar-refractivity contribution in [1.82, 2.24) is 4.98 Å². The highest BCUT2D eigenvalue weighted by Crippen LogP contribution is 2.37. The summed E-state index contributed by atoms with van der Waals surface area (Å²) in [6.07, 6.45) is 0.0347. The van der Waals surface area contributed by atoms with Crippen molar-refractivity contribution >= 4 is 40.5 Å². The van der Waals surface area contributed by atoms with Crippen molar-refractivity contribution in [1.29, 1.82) is 0 Å². The smallest absolute Gasteiger partial charge is 0.317 e. The molecule has 2 aromatic carbocycles. The molecule has 3 aromatic rings. The van der Waals surface area contributed by atoms with Gasteiger partial charge >= 0.3 is 5.97 Å². The highest BCUT2D eigenvalue weighted by atomic mass is 35.5. The molecule has 2 heterocycles. The fraction of sp³-hybridized carbons (Fsp3) is 0.111. The fourth-order valence-corrected chi connectivity index (χ4v) is 4.04. The van der Waals surface area contributed by atoms with Crippen molar-refractivity contribution in [3.8, 4) is 27.8 Å². The Bertz CT molecular complexity index is 969. The summed E-state index contributed by atoms with van der Waals surface area (Å²) < 4.78 is 15.8. The second kappa shape index (κ2) is 7.15. The number of halogens is 2. The third kappa shape index (κ3) is 3.49. The number of esters is 1. The van der Waals surface area contributed by atoms with E-state index in [0.717, 1.165) is 0 Å². The largest absolute Gasteiger partial charge is 0.454 e. The van der Waals surface area contributed by atoms with E-state index in [-0.39, 0.29) is 13.2 Å². The average Bonchev–Trinajstić information content (AvgIpc) is 3.23. The van der Waals surface area contributed by atoms with E-state index in [0.29, 0.717) is 43.6 Å². The molecule has 0 radical (unpaired) electrons. The van der Waals surface area contributed by atoms with E-state index in [4.69, 9.17) is 37.4 Å². The summed E-state index contributed by atoms with van der Waals surface area (Å²) in [5.74, 6) is 1.15. The van der Waals surface area contributed by atoms with E-state index in [1.807, 2.05) is 0 Å². The number of ether oxygens (including phenoxy) is 3. The third-order valence-electron chi connectivity index (χ3n) is 3.63. The van der Waals surface area contributed by atoms with Crippen LogP contribution in [-0.2, 0) is 11.2 Å². The Morgan fingerprint density at radius 3 is 2.73 bits per heavy atom. The van der Waals surface area contributed by atoms with Crippen LogP contribution in [0.2, 0.25) is 10.0 Å². The molecule has 132 valence electrons.